The van der Waals surface area contributed by atoms with Crippen LogP contribution in [0.2, 0.25) is 0 Å². The molecule has 5 nitrogen and oxygen atoms in total. The van der Waals surface area contributed by atoms with Gasteiger partial charge in [0.15, 0.2) is 0 Å². The summed E-state index contributed by atoms with van der Waals surface area (Å²) in [7, 11) is 1.94. The van der Waals surface area contributed by atoms with Crippen LogP contribution < -0.4 is 15.0 Å². The molecule has 11 heteroatoms. The van der Waals surface area contributed by atoms with E-state index in [4.69, 9.17) is 0 Å². The molecule has 1 saturated heterocycles. The third-order valence-electron chi connectivity index (χ3n) is 4.97. The van der Waals surface area contributed by atoms with E-state index < -0.39 is 29.8 Å². The van der Waals surface area contributed by atoms with Crippen LogP contribution in [0.15, 0.2) is 42.5 Å². The molecule has 32 heavy (non-hydrogen) atoms. The number of hydrogen-bond donors (Lipinski definition) is 1. The summed E-state index contributed by atoms with van der Waals surface area (Å²) in [6.07, 6.45) is -9.84. The maximum atomic E-state index is 13.6. The normalized spacial score (nSPS) is 15.5. The number of rotatable bonds is 5. The van der Waals surface area contributed by atoms with Crippen molar-refractivity contribution in [1.82, 2.24) is 4.90 Å². The molecule has 0 aromatic heterocycles. The number of anilines is 2. The molecule has 0 bridgehead atoms. The third kappa shape index (κ3) is 6.52. The molecule has 2 aromatic rings. The van der Waals surface area contributed by atoms with Gasteiger partial charge in [-0.05, 0) is 42.9 Å². The van der Waals surface area contributed by atoms with Gasteiger partial charge in [-0.25, -0.2) is 0 Å². The quantitative estimate of drug-likeness (QED) is 0.665. The van der Waals surface area contributed by atoms with Crippen LogP contribution in [0.25, 0.3) is 0 Å². The molecule has 1 fully saturated rings. The van der Waals surface area contributed by atoms with E-state index in [1.165, 1.54) is 24.3 Å². The molecule has 0 spiro atoms. The zero-order valence-electron chi connectivity index (χ0n) is 17.1. The highest BCUT2D eigenvalue weighted by molar-refractivity contribution is 5.93. The molecule has 1 amide bonds. The smallest absolute Gasteiger partial charge is 0.406 e. The van der Waals surface area contributed by atoms with Crippen molar-refractivity contribution in [2.45, 2.75) is 19.0 Å². The maximum absolute atomic E-state index is 13.6. The number of nitrogens with one attached hydrogen (secondary N) is 1. The highest BCUT2D eigenvalue weighted by Crippen LogP contribution is 2.37. The Labute approximate surface area is 180 Å². The van der Waals surface area contributed by atoms with E-state index >= 15 is 0 Å². The second-order valence-corrected chi connectivity index (χ2v) is 7.43. The number of ether oxygens (including phenoxy) is 1. The first-order chi connectivity index (χ1) is 14.9. The monoisotopic (exact) mass is 461 g/mol. The van der Waals surface area contributed by atoms with Crippen molar-refractivity contribution in [3.8, 4) is 5.75 Å². The van der Waals surface area contributed by atoms with E-state index in [9.17, 15) is 31.1 Å². The van der Waals surface area contributed by atoms with Gasteiger partial charge in [-0.2, -0.15) is 13.2 Å². The number of carbonyl (C=O) groups excluding carboxylic acids is 1. The number of hydrogen-bond acceptors (Lipinski definition) is 4. The van der Waals surface area contributed by atoms with Crippen molar-refractivity contribution < 1.29 is 35.9 Å². The minimum atomic E-state index is -4.84. The molecular weight excluding hydrogens is 440 g/mol. The maximum Gasteiger partial charge on any atom is 0.573 e. The highest BCUT2D eigenvalue weighted by Gasteiger charge is 2.35. The summed E-state index contributed by atoms with van der Waals surface area (Å²) in [5.74, 6) is -1.19. The van der Waals surface area contributed by atoms with E-state index in [0.717, 1.165) is 31.3 Å². The van der Waals surface area contributed by atoms with Gasteiger partial charge in [0.2, 0.25) is 5.91 Å². The molecule has 0 saturated carbocycles. The molecule has 1 N–H and O–H groups in total. The lowest BCUT2D eigenvalue weighted by atomic mass is 10.1. The number of benzene rings is 2. The summed E-state index contributed by atoms with van der Waals surface area (Å²) in [5.41, 5.74) is -0.600. The lowest BCUT2D eigenvalue weighted by Crippen LogP contribution is -2.44. The molecule has 1 aliphatic heterocycles. The van der Waals surface area contributed by atoms with Gasteiger partial charge >= 0.3 is 12.5 Å². The predicted octanol–water partition coefficient (Wildman–Crippen LogP) is 4.54. The molecular formula is C21H21F6N3O2. The third-order valence-corrected chi connectivity index (χ3v) is 4.97. The van der Waals surface area contributed by atoms with Crippen LogP contribution in [-0.4, -0.2) is 50.4 Å². The van der Waals surface area contributed by atoms with E-state index in [1.807, 2.05) is 11.9 Å². The molecule has 1 aliphatic rings. The molecule has 174 valence electrons. The fourth-order valence-electron chi connectivity index (χ4n) is 3.33. The number of alkyl halides is 6. The topological polar surface area (TPSA) is 44.8 Å². The van der Waals surface area contributed by atoms with Crippen molar-refractivity contribution in [2.24, 2.45) is 0 Å². The van der Waals surface area contributed by atoms with Crippen LogP contribution in [0.5, 0.6) is 5.75 Å². The summed E-state index contributed by atoms with van der Waals surface area (Å²) >= 11 is 0. The summed E-state index contributed by atoms with van der Waals surface area (Å²) < 4.78 is 81.3. The van der Waals surface area contributed by atoms with Crippen molar-refractivity contribution in [3.63, 3.8) is 0 Å². The fraction of sp³-hybridized carbons (Fsp3) is 0.381. The fourth-order valence-corrected chi connectivity index (χ4v) is 3.33. The van der Waals surface area contributed by atoms with Gasteiger partial charge in [0.05, 0.1) is 17.7 Å². The van der Waals surface area contributed by atoms with Crippen LogP contribution >= 0.6 is 0 Å². The largest absolute Gasteiger partial charge is 0.573 e. The van der Waals surface area contributed by atoms with E-state index in [2.05, 4.69) is 15.0 Å². The van der Waals surface area contributed by atoms with Crippen molar-refractivity contribution in [3.05, 3.63) is 53.6 Å². The Morgan fingerprint density at radius 1 is 0.969 bits per heavy atom. The second kappa shape index (κ2) is 9.27. The zero-order valence-corrected chi connectivity index (χ0v) is 17.1. The molecule has 2 aromatic carbocycles. The average Bonchev–Trinajstić information content (AvgIpc) is 2.68. The predicted molar refractivity (Wildman–Crippen MR) is 107 cm³/mol. The Bertz CT molecular complexity index is 936. The highest BCUT2D eigenvalue weighted by atomic mass is 19.4. The van der Waals surface area contributed by atoms with Crippen LogP contribution in [0.4, 0.5) is 37.7 Å². The Balaban J connectivity index is 1.71. The van der Waals surface area contributed by atoms with Crippen molar-refractivity contribution in [2.75, 3.05) is 43.4 Å². The van der Waals surface area contributed by atoms with E-state index in [1.54, 1.807) is 0 Å². The number of amides is 1. The van der Waals surface area contributed by atoms with Crippen molar-refractivity contribution >= 4 is 17.3 Å². The second-order valence-electron chi connectivity index (χ2n) is 7.43. The summed E-state index contributed by atoms with van der Waals surface area (Å²) in [6, 6.07) is 8.30. The SMILES string of the molecule is CN1CCN(c2ccc(NC(=O)Cc3ccc(OC(F)(F)F)cc3)c(C(F)(F)F)c2)CC1. The number of piperazine rings is 1. The van der Waals surface area contributed by atoms with Gasteiger partial charge in [-0.3, -0.25) is 4.79 Å². The lowest BCUT2D eigenvalue weighted by molar-refractivity contribution is -0.274. The van der Waals surface area contributed by atoms with Gasteiger partial charge in [0.25, 0.3) is 0 Å². The molecule has 0 radical (unpaired) electrons. The first-order valence-electron chi connectivity index (χ1n) is 9.70. The van der Waals surface area contributed by atoms with Gasteiger partial charge in [-0.15, -0.1) is 13.2 Å². The number of halogens is 6. The van der Waals surface area contributed by atoms with Gasteiger partial charge in [0.1, 0.15) is 5.75 Å². The number of nitrogens with zero attached hydrogens (tertiary/aromatic N) is 2. The summed E-state index contributed by atoms with van der Waals surface area (Å²) in [6.45, 7) is 2.64. The van der Waals surface area contributed by atoms with Crippen LogP contribution in [0, 0.1) is 0 Å². The first-order valence-corrected chi connectivity index (χ1v) is 9.70. The Hall–Kier alpha value is -2.95. The van der Waals surface area contributed by atoms with Gasteiger partial charge in [0, 0.05) is 31.9 Å². The minimum Gasteiger partial charge on any atom is -0.406 e. The van der Waals surface area contributed by atoms with Crippen molar-refractivity contribution in [1.29, 1.82) is 0 Å². The molecule has 1 heterocycles. The van der Waals surface area contributed by atoms with Crippen LogP contribution in [-0.2, 0) is 17.4 Å². The Morgan fingerprint density at radius 3 is 2.16 bits per heavy atom. The van der Waals surface area contributed by atoms with E-state index in [0.29, 0.717) is 24.3 Å². The van der Waals surface area contributed by atoms with E-state index in [-0.39, 0.29) is 12.1 Å². The average molecular weight is 461 g/mol. The zero-order chi connectivity index (χ0) is 23.5. The standard InChI is InChI=1S/C21H21F6N3O2/c1-29-8-10-30(11-9-29)15-4-7-18(17(13-15)20(22,23)24)28-19(31)12-14-2-5-16(6-3-14)32-21(25,26)27/h2-7,13H,8-12H2,1H3,(H,28,31). The molecule has 0 aliphatic carbocycles. The molecule has 0 atom stereocenters. The molecule has 0 unspecified atom stereocenters. The van der Waals surface area contributed by atoms with Gasteiger partial charge < -0.3 is 19.9 Å². The summed E-state index contributed by atoms with van der Waals surface area (Å²) in [4.78, 5) is 16.2. The Morgan fingerprint density at radius 2 is 1.59 bits per heavy atom. The summed E-state index contributed by atoms with van der Waals surface area (Å²) in [5, 5.41) is 2.26. The lowest BCUT2D eigenvalue weighted by Gasteiger charge is -2.34. The Kier molecular flexibility index (Phi) is 6.87. The van der Waals surface area contributed by atoms with Crippen LogP contribution in [0.3, 0.4) is 0 Å². The molecule has 3 rings (SSSR count). The number of carbonyl (C=O) groups is 1. The van der Waals surface area contributed by atoms with Gasteiger partial charge in [-0.1, -0.05) is 12.1 Å². The first kappa shape index (κ1) is 23.7. The number of likely N-dealkylation sites (N-methyl/N-ethyl adjacent to an activating group) is 1. The van der Waals surface area contributed by atoms with Crippen LogP contribution in [0.1, 0.15) is 11.1 Å². The minimum absolute atomic E-state index is 0.316.